The normalized spacial score (nSPS) is 11.7. The van der Waals surface area contributed by atoms with Crippen molar-refractivity contribution >= 4 is 28.8 Å². The third-order valence-corrected chi connectivity index (χ3v) is 3.64. The molecule has 0 saturated carbocycles. The van der Waals surface area contributed by atoms with Crippen molar-refractivity contribution in [3.63, 3.8) is 0 Å². The molecule has 0 unspecified atom stereocenters. The van der Waals surface area contributed by atoms with Gasteiger partial charge in [0.25, 0.3) is 0 Å². The minimum atomic E-state index is -4.44. The van der Waals surface area contributed by atoms with Gasteiger partial charge in [-0.05, 0) is 18.2 Å². The third-order valence-electron chi connectivity index (χ3n) is 1.88. The van der Waals surface area contributed by atoms with E-state index < -0.39 is 11.7 Å². The largest absolute Gasteiger partial charge is 0.418 e. The van der Waals surface area contributed by atoms with Crippen LogP contribution in [0.2, 0.25) is 0 Å². The highest BCUT2D eigenvalue weighted by Gasteiger charge is 2.33. The van der Waals surface area contributed by atoms with E-state index in [9.17, 15) is 13.2 Å². The van der Waals surface area contributed by atoms with Gasteiger partial charge in [-0.15, -0.1) is 10.2 Å². The van der Waals surface area contributed by atoms with E-state index in [2.05, 4.69) is 10.2 Å². The van der Waals surface area contributed by atoms with Crippen molar-refractivity contribution in [3.05, 3.63) is 29.3 Å². The number of hydrogen-bond donors (Lipinski definition) is 1. The maximum absolute atomic E-state index is 12.6. The highest BCUT2D eigenvalue weighted by atomic mass is 32.2. The fraction of sp³-hybridized carbons (Fsp3) is 0.111. The first kappa shape index (κ1) is 12.2. The third kappa shape index (κ3) is 2.89. The molecule has 8 heteroatoms. The minimum absolute atomic E-state index is 0.279. The fourth-order valence-electron chi connectivity index (χ4n) is 1.15. The van der Waals surface area contributed by atoms with Gasteiger partial charge in [0.15, 0.2) is 4.34 Å². The van der Waals surface area contributed by atoms with E-state index in [1.807, 2.05) is 0 Å². The Kier molecular flexibility index (Phi) is 3.25. The summed E-state index contributed by atoms with van der Waals surface area (Å²) >= 11 is 2.39. The van der Waals surface area contributed by atoms with Crippen LogP contribution in [0.3, 0.4) is 0 Å². The van der Waals surface area contributed by atoms with E-state index in [4.69, 9.17) is 5.73 Å². The Morgan fingerprint density at radius 3 is 2.65 bits per heavy atom. The number of nitrogens with zero attached hydrogens (tertiary/aromatic N) is 2. The van der Waals surface area contributed by atoms with Crippen LogP contribution < -0.4 is 5.73 Å². The molecule has 0 radical (unpaired) electrons. The highest BCUT2D eigenvalue weighted by molar-refractivity contribution is 8.01. The summed E-state index contributed by atoms with van der Waals surface area (Å²) in [6, 6.07) is 3.78. The quantitative estimate of drug-likeness (QED) is 0.856. The fourth-order valence-corrected chi connectivity index (χ4v) is 2.64. The molecule has 0 aliphatic carbocycles. The molecule has 0 fully saturated rings. The Labute approximate surface area is 103 Å². The van der Waals surface area contributed by atoms with Crippen LogP contribution in [0, 0.1) is 0 Å². The summed E-state index contributed by atoms with van der Waals surface area (Å²) < 4.78 is 38.4. The molecule has 2 rings (SSSR count). The van der Waals surface area contributed by atoms with Gasteiger partial charge >= 0.3 is 6.18 Å². The molecule has 0 saturated heterocycles. The molecular weight excluding hydrogens is 271 g/mol. The Hall–Kier alpha value is -1.28. The van der Waals surface area contributed by atoms with E-state index in [-0.39, 0.29) is 5.69 Å². The molecule has 1 aromatic carbocycles. The smallest absolute Gasteiger partial charge is 0.398 e. The summed E-state index contributed by atoms with van der Waals surface area (Å²) in [5, 5.41) is 7.35. The van der Waals surface area contributed by atoms with Gasteiger partial charge in [0.05, 0.1) is 5.56 Å². The van der Waals surface area contributed by atoms with Gasteiger partial charge in [-0.1, -0.05) is 23.1 Å². The lowest BCUT2D eigenvalue weighted by atomic mass is 10.2. The van der Waals surface area contributed by atoms with Crippen molar-refractivity contribution in [2.24, 2.45) is 0 Å². The van der Waals surface area contributed by atoms with Gasteiger partial charge < -0.3 is 5.73 Å². The zero-order chi connectivity index (χ0) is 12.5. The molecule has 3 nitrogen and oxygen atoms in total. The molecular formula is C9H6F3N3S2. The van der Waals surface area contributed by atoms with Crippen LogP contribution in [0.5, 0.6) is 0 Å². The maximum atomic E-state index is 12.6. The maximum Gasteiger partial charge on any atom is 0.418 e. The van der Waals surface area contributed by atoms with Crippen molar-refractivity contribution in [1.29, 1.82) is 0 Å². The molecule has 2 N–H and O–H groups in total. The number of hydrogen-bond acceptors (Lipinski definition) is 5. The first-order chi connectivity index (χ1) is 7.97. The van der Waals surface area contributed by atoms with E-state index in [1.165, 1.54) is 29.0 Å². The second-order valence-corrected chi connectivity index (χ2v) is 5.21. The van der Waals surface area contributed by atoms with Gasteiger partial charge in [0.2, 0.25) is 0 Å². The summed E-state index contributed by atoms with van der Waals surface area (Å²) in [5.41, 5.74) is 5.71. The number of halogens is 3. The second kappa shape index (κ2) is 4.53. The number of nitrogen functional groups attached to an aromatic ring is 1. The number of rotatable bonds is 2. The molecule has 0 aliphatic heterocycles. The van der Waals surface area contributed by atoms with Crippen LogP contribution in [-0.2, 0) is 6.18 Å². The highest BCUT2D eigenvalue weighted by Crippen LogP contribution is 2.37. The number of anilines is 1. The van der Waals surface area contributed by atoms with Gasteiger partial charge in [-0.3, -0.25) is 0 Å². The number of nitrogens with two attached hydrogens (primary N) is 1. The van der Waals surface area contributed by atoms with Crippen molar-refractivity contribution in [3.8, 4) is 0 Å². The minimum Gasteiger partial charge on any atom is -0.398 e. The van der Waals surface area contributed by atoms with Gasteiger partial charge in [-0.25, -0.2) is 0 Å². The van der Waals surface area contributed by atoms with Crippen LogP contribution in [0.1, 0.15) is 5.56 Å². The molecule has 0 spiro atoms. The zero-order valence-electron chi connectivity index (χ0n) is 8.23. The Balaban J connectivity index is 2.31. The van der Waals surface area contributed by atoms with Crippen LogP contribution in [0.15, 0.2) is 32.9 Å². The summed E-state index contributed by atoms with van der Waals surface area (Å²) in [6.45, 7) is 0. The number of aromatic nitrogens is 2. The first-order valence-electron chi connectivity index (χ1n) is 4.37. The predicted octanol–water partition coefficient (Wildman–Crippen LogP) is 3.29. The molecule has 0 bridgehead atoms. The molecule has 90 valence electrons. The first-order valence-corrected chi connectivity index (χ1v) is 6.07. The van der Waals surface area contributed by atoms with Crippen LogP contribution >= 0.6 is 23.1 Å². The molecule has 0 atom stereocenters. The Bertz CT molecular complexity index is 511. The van der Waals surface area contributed by atoms with E-state index in [0.29, 0.717) is 9.24 Å². The molecule has 0 aliphatic rings. The van der Waals surface area contributed by atoms with Crippen LogP contribution in [0.4, 0.5) is 18.9 Å². The van der Waals surface area contributed by atoms with Gasteiger partial charge in [0, 0.05) is 10.6 Å². The van der Waals surface area contributed by atoms with Crippen molar-refractivity contribution in [1.82, 2.24) is 10.2 Å². The summed E-state index contributed by atoms with van der Waals surface area (Å²) in [5.74, 6) is 0. The predicted molar refractivity (Wildman–Crippen MR) is 59.9 cm³/mol. The van der Waals surface area contributed by atoms with Gasteiger partial charge in [-0.2, -0.15) is 13.2 Å². The molecule has 17 heavy (non-hydrogen) atoms. The van der Waals surface area contributed by atoms with Crippen molar-refractivity contribution < 1.29 is 13.2 Å². The molecule has 1 heterocycles. The lowest BCUT2D eigenvalue weighted by molar-refractivity contribution is -0.137. The second-order valence-electron chi connectivity index (χ2n) is 3.05. The van der Waals surface area contributed by atoms with Gasteiger partial charge in [0.1, 0.15) is 5.51 Å². The summed E-state index contributed by atoms with van der Waals surface area (Å²) in [6.07, 6.45) is -4.44. The van der Waals surface area contributed by atoms with E-state index in [1.54, 1.807) is 0 Å². The average Bonchev–Trinajstić information content (AvgIpc) is 2.72. The summed E-state index contributed by atoms with van der Waals surface area (Å²) in [4.78, 5) is 0.434. The summed E-state index contributed by atoms with van der Waals surface area (Å²) in [7, 11) is 0. The lowest BCUT2D eigenvalue weighted by Crippen LogP contribution is -2.08. The standard InChI is InChI=1S/C9H6F3N3S2/c10-9(11,12)6-3-5(1-2-7(6)13)17-8-15-14-4-16-8/h1-4H,13H2. The monoisotopic (exact) mass is 277 g/mol. The van der Waals surface area contributed by atoms with Crippen molar-refractivity contribution in [2.45, 2.75) is 15.4 Å². The number of alkyl halides is 3. The molecule has 2 aromatic rings. The molecule has 0 amide bonds. The zero-order valence-corrected chi connectivity index (χ0v) is 9.86. The van der Waals surface area contributed by atoms with Crippen LogP contribution in [-0.4, -0.2) is 10.2 Å². The number of benzene rings is 1. The average molecular weight is 277 g/mol. The molecule has 1 aromatic heterocycles. The van der Waals surface area contributed by atoms with E-state index in [0.717, 1.165) is 17.8 Å². The Morgan fingerprint density at radius 2 is 2.06 bits per heavy atom. The van der Waals surface area contributed by atoms with Crippen molar-refractivity contribution in [2.75, 3.05) is 5.73 Å². The Morgan fingerprint density at radius 1 is 1.29 bits per heavy atom. The topological polar surface area (TPSA) is 51.8 Å². The van der Waals surface area contributed by atoms with Crippen LogP contribution in [0.25, 0.3) is 0 Å². The van der Waals surface area contributed by atoms with E-state index >= 15 is 0 Å². The SMILES string of the molecule is Nc1ccc(Sc2nncs2)cc1C(F)(F)F. The lowest BCUT2D eigenvalue weighted by Gasteiger charge is -2.10.